The van der Waals surface area contributed by atoms with Gasteiger partial charge in [0.1, 0.15) is 12.4 Å². The maximum Gasteiger partial charge on any atom is 0.237 e. The van der Waals surface area contributed by atoms with E-state index >= 15 is 0 Å². The highest BCUT2D eigenvalue weighted by Gasteiger charge is 2.30. The smallest absolute Gasteiger partial charge is 0.237 e. The van der Waals surface area contributed by atoms with Gasteiger partial charge in [-0.15, -0.1) is 0 Å². The van der Waals surface area contributed by atoms with Crippen LogP contribution in [0.3, 0.4) is 0 Å². The number of rotatable bonds is 7. The summed E-state index contributed by atoms with van der Waals surface area (Å²) in [6, 6.07) is 17.5. The summed E-state index contributed by atoms with van der Waals surface area (Å²) in [4.78, 5) is 14.7. The molecule has 1 amide bonds. The van der Waals surface area contributed by atoms with Crippen molar-refractivity contribution in [1.82, 2.24) is 10.2 Å². The van der Waals surface area contributed by atoms with Gasteiger partial charge in [-0.05, 0) is 49.2 Å². The molecule has 0 saturated carbocycles. The van der Waals surface area contributed by atoms with Crippen LogP contribution in [-0.2, 0) is 11.3 Å². The zero-order valence-electron chi connectivity index (χ0n) is 14.2. The lowest BCUT2D eigenvalue weighted by molar-refractivity contribution is -0.125. The molecule has 0 aromatic heterocycles. The van der Waals surface area contributed by atoms with Gasteiger partial charge in [-0.2, -0.15) is 0 Å². The second-order valence-electron chi connectivity index (χ2n) is 6.21. The summed E-state index contributed by atoms with van der Waals surface area (Å²) < 4.78 is 5.61. The third kappa shape index (κ3) is 5.21. The van der Waals surface area contributed by atoms with Crippen molar-refractivity contribution < 1.29 is 9.53 Å². The van der Waals surface area contributed by atoms with Crippen LogP contribution in [0.4, 0.5) is 0 Å². The number of nitrogens with zero attached hydrogens (tertiary/aromatic N) is 1. The van der Waals surface area contributed by atoms with Crippen molar-refractivity contribution in [3.05, 3.63) is 65.2 Å². The van der Waals surface area contributed by atoms with Crippen LogP contribution in [0.1, 0.15) is 18.4 Å². The Bertz CT molecular complexity index is 676. The van der Waals surface area contributed by atoms with Gasteiger partial charge in [0, 0.05) is 11.6 Å². The van der Waals surface area contributed by atoms with E-state index in [0.29, 0.717) is 18.2 Å². The molecule has 0 radical (unpaired) electrons. The second-order valence-corrected chi connectivity index (χ2v) is 6.64. The average Bonchev–Trinajstić information content (AvgIpc) is 3.09. The van der Waals surface area contributed by atoms with Crippen molar-refractivity contribution in [2.24, 2.45) is 0 Å². The van der Waals surface area contributed by atoms with Crippen molar-refractivity contribution in [3.8, 4) is 5.75 Å². The molecule has 1 atom stereocenters. The molecular formula is C20H23ClN2O2. The standard InChI is InChI=1S/C20H23ClN2O2/c21-17-8-10-18(11-9-17)25-14-12-22-20(24)19-7-4-13-23(19)15-16-5-2-1-3-6-16/h1-3,5-6,8-11,19H,4,7,12-15H2,(H,22,24). The molecule has 2 aromatic rings. The number of carbonyl (C=O) groups is 1. The number of hydrogen-bond donors (Lipinski definition) is 1. The van der Waals surface area contributed by atoms with E-state index in [1.54, 1.807) is 12.1 Å². The van der Waals surface area contributed by atoms with Crippen LogP contribution in [-0.4, -0.2) is 36.5 Å². The molecule has 1 heterocycles. The highest BCUT2D eigenvalue weighted by Crippen LogP contribution is 2.20. The summed E-state index contributed by atoms with van der Waals surface area (Å²) in [5.74, 6) is 0.846. The zero-order chi connectivity index (χ0) is 17.5. The lowest BCUT2D eigenvalue weighted by Gasteiger charge is -2.23. The number of likely N-dealkylation sites (tertiary alicyclic amines) is 1. The predicted octanol–water partition coefficient (Wildman–Crippen LogP) is 3.50. The van der Waals surface area contributed by atoms with Crippen LogP contribution in [0.5, 0.6) is 5.75 Å². The van der Waals surface area contributed by atoms with E-state index in [0.717, 1.165) is 31.7 Å². The Morgan fingerprint density at radius 3 is 2.68 bits per heavy atom. The molecule has 1 aliphatic heterocycles. The van der Waals surface area contributed by atoms with Gasteiger partial charge >= 0.3 is 0 Å². The fourth-order valence-corrected chi connectivity index (χ4v) is 3.25. The topological polar surface area (TPSA) is 41.6 Å². The normalized spacial score (nSPS) is 17.4. The Morgan fingerprint density at radius 1 is 1.16 bits per heavy atom. The first-order valence-electron chi connectivity index (χ1n) is 8.66. The fraction of sp³-hybridized carbons (Fsp3) is 0.350. The predicted molar refractivity (Wildman–Crippen MR) is 99.8 cm³/mol. The summed E-state index contributed by atoms with van der Waals surface area (Å²) in [6.45, 7) is 2.73. The van der Waals surface area contributed by atoms with Gasteiger partial charge in [0.25, 0.3) is 0 Å². The number of benzene rings is 2. The van der Waals surface area contributed by atoms with E-state index in [9.17, 15) is 4.79 Å². The molecule has 25 heavy (non-hydrogen) atoms. The lowest BCUT2D eigenvalue weighted by atomic mass is 10.1. The van der Waals surface area contributed by atoms with Crippen molar-refractivity contribution >= 4 is 17.5 Å². The molecule has 1 aliphatic rings. The van der Waals surface area contributed by atoms with Crippen LogP contribution in [0.25, 0.3) is 0 Å². The first-order chi connectivity index (χ1) is 12.2. The minimum Gasteiger partial charge on any atom is -0.492 e. The molecule has 132 valence electrons. The van der Waals surface area contributed by atoms with E-state index in [1.165, 1.54) is 5.56 Å². The molecule has 0 spiro atoms. The highest BCUT2D eigenvalue weighted by molar-refractivity contribution is 6.30. The molecule has 0 aliphatic carbocycles. The number of hydrogen-bond acceptors (Lipinski definition) is 3. The van der Waals surface area contributed by atoms with E-state index in [-0.39, 0.29) is 11.9 Å². The molecule has 2 aromatic carbocycles. The Labute approximate surface area is 153 Å². The molecule has 0 bridgehead atoms. The third-order valence-electron chi connectivity index (χ3n) is 4.38. The van der Waals surface area contributed by atoms with Gasteiger partial charge in [-0.1, -0.05) is 41.9 Å². The minimum absolute atomic E-state index is 0.0456. The van der Waals surface area contributed by atoms with Crippen molar-refractivity contribution in [2.75, 3.05) is 19.7 Å². The fourth-order valence-electron chi connectivity index (χ4n) is 3.12. The minimum atomic E-state index is -0.0456. The first-order valence-corrected chi connectivity index (χ1v) is 9.04. The first kappa shape index (κ1) is 17.8. The van der Waals surface area contributed by atoms with Crippen LogP contribution in [0.15, 0.2) is 54.6 Å². The van der Waals surface area contributed by atoms with E-state index in [1.807, 2.05) is 30.3 Å². The van der Waals surface area contributed by atoms with Gasteiger partial charge in [-0.3, -0.25) is 9.69 Å². The molecule has 5 heteroatoms. The Morgan fingerprint density at radius 2 is 1.92 bits per heavy atom. The number of amides is 1. The third-order valence-corrected chi connectivity index (χ3v) is 4.63. The summed E-state index contributed by atoms with van der Waals surface area (Å²) in [7, 11) is 0. The molecular weight excluding hydrogens is 336 g/mol. The van der Waals surface area contributed by atoms with Gasteiger partial charge in [0.2, 0.25) is 5.91 Å². The van der Waals surface area contributed by atoms with Gasteiger partial charge in [-0.25, -0.2) is 0 Å². The SMILES string of the molecule is O=C(NCCOc1ccc(Cl)cc1)C1CCCN1Cc1ccccc1. The molecule has 4 nitrogen and oxygen atoms in total. The Hall–Kier alpha value is -2.04. The second kappa shape index (κ2) is 8.88. The number of carbonyl (C=O) groups excluding carboxylic acids is 1. The maximum atomic E-state index is 12.5. The Balaban J connectivity index is 1.43. The molecule has 1 saturated heterocycles. The largest absolute Gasteiger partial charge is 0.492 e. The van der Waals surface area contributed by atoms with Crippen molar-refractivity contribution in [2.45, 2.75) is 25.4 Å². The number of halogens is 1. The lowest BCUT2D eigenvalue weighted by Crippen LogP contribution is -2.44. The summed E-state index contributed by atoms with van der Waals surface area (Å²) >= 11 is 5.84. The quantitative estimate of drug-likeness (QED) is 0.770. The van der Waals surface area contributed by atoms with Gasteiger partial charge in [0.15, 0.2) is 0 Å². The molecule has 1 N–H and O–H groups in total. The van der Waals surface area contributed by atoms with Crippen LogP contribution < -0.4 is 10.1 Å². The molecule has 3 rings (SSSR count). The van der Waals surface area contributed by atoms with Gasteiger partial charge in [0.05, 0.1) is 12.6 Å². The zero-order valence-corrected chi connectivity index (χ0v) is 14.9. The van der Waals surface area contributed by atoms with Crippen LogP contribution in [0.2, 0.25) is 5.02 Å². The Kier molecular flexibility index (Phi) is 6.31. The highest BCUT2D eigenvalue weighted by atomic mass is 35.5. The summed E-state index contributed by atoms with van der Waals surface area (Å²) in [5.41, 5.74) is 1.24. The van der Waals surface area contributed by atoms with E-state index < -0.39 is 0 Å². The maximum absolute atomic E-state index is 12.5. The van der Waals surface area contributed by atoms with E-state index in [4.69, 9.17) is 16.3 Å². The monoisotopic (exact) mass is 358 g/mol. The van der Waals surface area contributed by atoms with E-state index in [2.05, 4.69) is 22.3 Å². The average molecular weight is 359 g/mol. The van der Waals surface area contributed by atoms with Crippen molar-refractivity contribution in [1.29, 1.82) is 0 Å². The summed E-state index contributed by atoms with van der Waals surface area (Å²) in [6.07, 6.45) is 1.98. The van der Waals surface area contributed by atoms with Crippen LogP contribution in [0, 0.1) is 0 Å². The number of nitrogens with one attached hydrogen (secondary N) is 1. The van der Waals surface area contributed by atoms with Crippen molar-refractivity contribution in [3.63, 3.8) is 0 Å². The molecule has 1 unspecified atom stereocenters. The molecule has 1 fully saturated rings. The number of ether oxygens (including phenoxy) is 1. The summed E-state index contributed by atoms with van der Waals surface area (Å²) in [5, 5.41) is 3.67. The van der Waals surface area contributed by atoms with Gasteiger partial charge < -0.3 is 10.1 Å². The van der Waals surface area contributed by atoms with Crippen LogP contribution >= 0.6 is 11.6 Å².